The standard InChI is InChI=1S/C12H11N3O/c1-2-15-11-8-4-3-7-13-9(8)5-6-10(11)14-12(15)16/h3-7H,2H2,1H3,(H,14,16). The van der Waals surface area contributed by atoms with Crippen molar-refractivity contribution in [2.75, 3.05) is 0 Å². The number of hydrogen-bond donors (Lipinski definition) is 1. The molecule has 0 radical (unpaired) electrons. The summed E-state index contributed by atoms with van der Waals surface area (Å²) in [7, 11) is 0. The lowest BCUT2D eigenvalue weighted by atomic mass is 10.2. The maximum atomic E-state index is 11.7. The summed E-state index contributed by atoms with van der Waals surface area (Å²) < 4.78 is 1.74. The fourth-order valence-corrected chi connectivity index (χ4v) is 2.11. The second-order valence-electron chi connectivity index (χ2n) is 3.71. The summed E-state index contributed by atoms with van der Waals surface area (Å²) in [5, 5.41) is 1.01. The first-order valence-electron chi connectivity index (χ1n) is 5.27. The van der Waals surface area contributed by atoms with Crippen LogP contribution in [0.3, 0.4) is 0 Å². The molecule has 0 unspecified atom stereocenters. The minimum absolute atomic E-state index is 0.0612. The molecule has 1 aromatic carbocycles. The van der Waals surface area contributed by atoms with Crippen LogP contribution < -0.4 is 5.69 Å². The van der Waals surface area contributed by atoms with Crippen molar-refractivity contribution in [2.24, 2.45) is 0 Å². The molecule has 80 valence electrons. The van der Waals surface area contributed by atoms with E-state index in [1.54, 1.807) is 10.8 Å². The Hall–Kier alpha value is -2.10. The van der Waals surface area contributed by atoms with Gasteiger partial charge in [0.1, 0.15) is 0 Å². The summed E-state index contributed by atoms with van der Waals surface area (Å²) in [5.74, 6) is 0. The van der Waals surface area contributed by atoms with E-state index >= 15 is 0 Å². The van der Waals surface area contributed by atoms with Gasteiger partial charge in [-0.05, 0) is 31.2 Å². The first kappa shape index (κ1) is 9.15. The third kappa shape index (κ3) is 1.10. The Labute approximate surface area is 91.5 Å². The van der Waals surface area contributed by atoms with Gasteiger partial charge in [0.05, 0.1) is 16.6 Å². The number of benzene rings is 1. The van der Waals surface area contributed by atoms with Crippen LogP contribution in [0.4, 0.5) is 0 Å². The van der Waals surface area contributed by atoms with Crippen molar-refractivity contribution >= 4 is 21.9 Å². The quantitative estimate of drug-likeness (QED) is 0.671. The zero-order valence-electron chi connectivity index (χ0n) is 8.90. The van der Waals surface area contributed by atoms with Gasteiger partial charge in [0, 0.05) is 18.1 Å². The Morgan fingerprint density at radius 3 is 3.06 bits per heavy atom. The average Bonchev–Trinajstić information content (AvgIpc) is 2.65. The molecule has 2 heterocycles. The van der Waals surface area contributed by atoms with E-state index in [-0.39, 0.29) is 5.69 Å². The van der Waals surface area contributed by atoms with E-state index in [1.165, 1.54) is 0 Å². The van der Waals surface area contributed by atoms with Crippen LogP contribution in [0.25, 0.3) is 21.9 Å². The van der Waals surface area contributed by atoms with Gasteiger partial charge in [0.15, 0.2) is 0 Å². The summed E-state index contributed by atoms with van der Waals surface area (Å²) >= 11 is 0. The lowest BCUT2D eigenvalue weighted by molar-refractivity contribution is 0.755. The minimum atomic E-state index is -0.0612. The molecule has 0 amide bonds. The number of imidazole rings is 1. The molecule has 4 nitrogen and oxygen atoms in total. The van der Waals surface area contributed by atoms with E-state index < -0.39 is 0 Å². The molecule has 0 aliphatic rings. The van der Waals surface area contributed by atoms with E-state index in [2.05, 4.69) is 9.97 Å². The van der Waals surface area contributed by atoms with Gasteiger partial charge in [-0.15, -0.1) is 0 Å². The molecule has 0 aliphatic heterocycles. The first-order valence-corrected chi connectivity index (χ1v) is 5.27. The Morgan fingerprint density at radius 1 is 1.38 bits per heavy atom. The summed E-state index contributed by atoms with van der Waals surface area (Å²) in [5.41, 5.74) is 2.66. The van der Waals surface area contributed by atoms with Crippen LogP contribution in [0.2, 0.25) is 0 Å². The fraction of sp³-hybridized carbons (Fsp3) is 0.167. The highest BCUT2D eigenvalue weighted by atomic mass is 16.1. The Morgan fingerprint density at radius 2 is 2.25 bits per heavy atom. The monoisotopic (exact) mass is 213 g/mol. The van der Waals surface area contributed by atoms with Gasteiger partial charge in [-0.25, -0.2) is 4.79 Å². The van der Waals surface area contributed by atoms with E-state index in [1.807, 2.05) is 31.2 Å². The van der Waals surface area contributed by atoms with Gasteiger partial charge in [0.25, 0.3) is 0 Å². The lowest BCUT2D eigenvalue weighted by Crippen LogP contribution is -2.15. The molecule has 0 fully saturated rings. The molecule has 0 aliphatic carbocycles. The van der Waals surface area contributed by atoms with Gasteiger partial charge in [-0.2, -0.15) is 0 Å². The fourth-order valence-electron chi connectivity index (χ4n) is 2.11. The Bertz CT molecular complexity index is 724. The van der Waals surface area contributed by atoms with Gasteiger partial charge in [-0.3, -0.25) is 9.55 Å². The highest BCUT2D eigenvalue weighted by Crippen LogP contribution is 2.21. The van der Waals surface area contributed by atoms with Crippen molar-refractivity contribution in [3.05, 3.63) is 40.9 Å². The normalized spacial score (nSPS) is 11.3. The molecule has 0 saturated heterocycles. The number of H-pyrrole nitrogens is 1. The van der Waals surface area contributed by atoms with Crippen molar-refractivity contribution in [1.29, 1.82) is 0 Å². The van der Waals surface area contributed by atoms with Crippen LogP contribution in [-0.4, -0.2) is 14.5 Å². The number of fused-ring (bicyclic) bond motifs is 3. The SMILES string of the molecule is CCn1c(=O)[nH]c2ccc3ncccc3c21. The van der Waals surface area contributed by atoms with Crippen LogP contribution in [0.1, 0.15) is 6.92 Å². The smallest absolute Gasteiger partial charge is 0.306 e. The predicted molar refractivity (Wildman–Crippen MR) is 63.5 cm³/mol. The Kier molecular flexibility index (Phi) is 1.83. The van der Waals surface area contributed by atoms with Crippen molar-refractivity contribution in [3.8, 4) is 0 Å². The third-order valence-electron chi connectivity index (χ3n) is 2.83. The molecule has 0 spiro atoms. The molecule has 3 aromatic rings. The first-order chi connectivity index (χ1) is 7.81. The summed E-state index contributed by atoms with van der Waals surface area (Å²) in [6.07, 6.45) is 1.76. The van der Waals surface area contributed by atoms with Crippen LogP contribution in [-0.2, 0) is 6.54 Å². The highest BCUT2D eigenvalue weighted by molar-refractivity contribution is 6.02. The number of rotatable bonds is 1. The number of hydrogen-bond acceptors (Lipinski definition) is 2. The summed E-state index contributed by atoms with van der Waals surface area (Å²) in [6, 6.07) is 7.70. The van der Waals surface area contributed by atoms with Crippen molar-refractivity contribution < 1.29 is 0 Å². The largest absolute Gasteiger partial charge is 0.326 e. The molecule has 4 heteroatoms. The third-order valence-corrected chi connectivity index (χ3v) is 2.83. The molecule has 2 aromatic heterocycles. The van der Waals surface area contributed by atoms with Crippen LogP contribution in [0.15, 0.2) is 35.3 Å². The van der Waals surface area contributed by atoms with Crippen molar-refractivity contribution in [1.82, 2.24) is 14.5 Å². The van der Waals surface area contributed by atoms with Crippen molar-refractivity contribution in [3.63, 3.8) is 0 Å². The van der Waals surface area contributed by atoms with Gasteiger partial charge >= 0.3 is 5.69 Å². The van der Waals surface area contributed by atoms with Gasteiger partial charge in [-0.1, -0.05) is 0 Å². The second kappa shape index (κ2) is 3.20. The molecule has 1 N–H and O–H groups in total. The van der Waals surface area contributed by atoms with E-state index in [0.717, 1.165) is 21.9 Å². The van der Waals surface area contributed by atoms with Crippen LogP contribution in [0.5, 0.6) is 0 Å². The maximum Gasteiger partial charge on any atom is 0.326 e. The second-order valence-corrected chi connectivity index (χ2v) is 3.71. The topological polar surface area (TPSA) is 50.7 Å². The molecule has 0 bridgehead atoms. The molecule has 0 saturated carbocycles. The number of aromatic amines is 1. The number of nitrogens with zero attached hydrogens (tertiary/aromatic N) is 2. The maximum absolute atomic E-state index is 11.7. The molecule has 16 heavy (non-hydrogen) atoms. The summed E-state index contributed by atoms with van der Waals surface area (Å²) in [4.78, 5) is 18.8. The summed E-state index contributed by atoms with van der Waals surface area (Å²) in [6.45, 7) is 2.62. The van der Waals surface area contributed by atoms with Crippen LogP contribution >= 0.6 is 0 Å². The van der Waals surface area contributed by atoms with Gasteiger partial charge in [0.2, 0.25) is 0 Å². The molecular weight excluding hydrogens is 202 g/mol. The zero-order chi connectivity index (χ0) is 11.1. The van der Waals surface area contributed by atoms with E-state index in [0.29, 0.717) is 6.54 Å². The van der Waals surface area contributed by atoms with Crippen molar-refractivity contribution in [2.45, 2.75) is 13.5 Å². The lowest BCUT2D eigenvalue weighted by Gasteiger charge is -2.02. The Balaban J connectivity index is 2.62. The predicted octanol–water partition coefficient (Wildman–Crippen LogP) is 1.90. The molecule has 0 atom stereocenters. The zero-order valence-corrected chi connectivity index (χ0v) is 8.90. The van der Waals surface area contributed by atoms with E-state index in [9.17, 15) is 4.79 Å². The van der Waals surface area contributed by atoms with Crippen LogP contribution in [0, 0.1) is 0 Å². The number of pyridine rings is 1. The van der Waals surface area contributed by atoms with E-state index in [4.69, 9.17) is 0 Å². The highest BCUT2D eigenvalue weighted by Gasteiger charge is 2.08. The molecule has 3 rings (SSSR count). The molecular formula is C12H11N3O. The minimum Gasteiger partial charge on any atom is -0.306 e. The number of nitrogens with one attached hydrogen (secondary N) is 1. The van der Waals surface area contributed by atoms with Gasteiger partial charge < -0.3 is 4.98 Å². The number of aryl methyl sites for hydroxylation is 1. The number of aromatic nitrogens is 3. The average molecular weight is 213 g/mol.